The Labute approximate surface area is 173 Å². The Kier molecular flexibility index (Phi) is 6.89. The van der Waals surface area contributed by atoms with Crippen LogP contribution in [-0.4, -0.2) is 30.2 Å². The van der Waals surface area contributed by atoms with Gasteiger partial charge in [0.1, 0.15) is 11.6 Å². The van der Waals surface area contributed by atoms with Crippen molar-refractivity contribution in [1.29, 1.82) is 0 Å². The van der Waals surface area contributed by atoms with Crippen LogP contribution in [0.25, 0.3) is 0 Å². The number of ether oxygens (including phenoxy) is 1. The van der Waals surface area contributed by atoms with Gasteiger partial charge in [0.15, 0.2) is 0 Å². The van der Waals surface area contributed by atoms with Crippen LogP contribution in [-0.2, 0) is 6.54 Å². The number of aromatic nitrogens is 2. The fraction of sp³-hybridized carbons (Fsp3) is 0.304. The molecule has 2 aromatic carbocycles. The zero-order chi connectivity index (χ0) is 20.6. The molecule has 6 nitrogen and oxygen atoms in total. The van der Waals surface area contributed by atoms with Crippen molar-refractivity contribution in [2.75, 3.05) is 35.7 Å². The number of rotatable bonds is 9. The molecule has 0 atom stereocenters. The highest BCUT2D eigenvalue weighted by atomic mass is 16.5. The molecule has 29 heavy (non-hydrogen) atoms. The molecule has 0 bridgehead atoms. The first-order valence-corrected chi connectivity index (χ1v) is 9.95. The summed E-state index contributed by atoms with van der Waals surface area (Å²) in [6.07, 6.45) is 0. The molecule has 6 heteroatoms. The Morgan fingerprint density at radius 3 is 2.24 bits per heavy atom. The van der Waals surface area contributed by atoms with Gasteiger partial charge in [-0.25, -0.2) is 4.98 Å². The molecule has 0 fully saturated rings. The van der Waals surface area contributed by atoms with Gasteiger partial charge in [0.2, 0.25) is 5.95 Å². The van der Waals surface area contributed by atoms with E-state index in [0.29, 0.717) is 12.5 Å². The van der Waals surface area contributed by atoms with Gasteiger partial charge in [-0.3, -0.25) is 0 Å². The van der Waals surface area contributed by atoms with Gasteiger partial charge >= 0.3 is 0 Å². The first kappa shape index (κ1) is 20.5. The van der Waals surface area contributed by atoms with Crippen molar-refractivity contribution in [2.45, 2.75) is 27.3 Å². The van der Waals surface area contributed by atoms with Gasteiger partial charge in [-0.15, -0.1) is 0 Å². The maximum atomic E-state index is 5.20. The number of methoxy groups -OCH3 is 1. The summed E-state index contributed by atoms with van der Waals surface area (Å²) in [5.74, 6) is 2.22. The maximum Gasteiger partial charge on any atom is 0.229 e. The molecule has 1 heterocycles. The quantitative estimate of drug-likeness (QED) is 0.535. The summed E-state index contributed by atoms with van der Waals surface area (Å²) in [5.41, 5.74) is 4.24. The minimum Gasteiger partial charge on any atom is -0.497 e. The first-order chi connectivity index (χ1) is 14.1. The summed E-state index contributed by atoms with van der Waals surface area (Å²) in [5, 5.41) is 6.67. The topological polar surface area (TPSA) is 62.3 Å². The second kappa shape index (κ2) is 9.78. The Morgan fingerprint density at radius 2 is 1.62 bits per heavy atom. The van der Waals surface area contributed by atoms with Gasteiger partial charge in [-0.05, 0) is 62.7 Å². The monoisotopic (exact) mass is 391 g/mol. The molecule has 0 saturated carbocycles. The summed E-state index contributed by atoms with van der Waals surface area (Å²) < 4.78 is 5.20. The van der Waals surface area contributed by atoms with Crippen molar-refractivity contribution in [1.82, 2.24) is 9.97 Å². The van der Waals surface area contributed by atoms with E-state index in [4.69, 9.17) is 4.74 Å². The molecule has 0 unspecified atom stereocenters. The predicted molar refractivity (Wildman–Crippen MR) is 120 cm³/mol. The Bertz CT molecular complexity index is 906. The van der Waals surface area contributed by atoms with Crippen LogP contribution in [0.5, 0.6) is 5.75 Å². The second-order valence-corrected chi connectivity index (χ2v) is 6.76. The number of nitrogens with zero attached hydrogens (tertiary/aromatic N) is 3. The van der Waals surface area contributed by atoms with E-state index >= 15 is 0 Å². The first-order valence-electron chi connectivity index (χ1n) is 9.95. The Morgan fingerprint density at radius 1 is 0.931 bits per heavy atom. The lowest BCUT2D eigenvalue weighted by Crippen LogP contribution is -2.21. The normalized spacial score (nSPS) is 10.5. The van der Waals surface area contributed by atoms with Crippen LogP contribution in [0.4, 0.5) is 23.1 Å². The third-order valence-electron chi connectivity index (χ3n) is 4.74. The van der Waals surface area contributed by atoms with E-state index in [2.05, 4.69) is 63.6 Å². The molecular weight excluding hydrogens is 362 g/mol. The molecule has 152 valence electrons. The largest absolute Gasteiger partial charge is 0.497 e. The van der Waals surface area contributed by atoms with Gasteiger partial charge in [-0.2, -0.15) is 4.98 Å². The van der Waals surface area contributed by atoms with Gasteiger partial charge in [0.05, 0.1) is 7.11 Å². The summed E-state index contributed by atoms with van der Waals surface area (Å²) in [6.45, 7) is 8.96. The van der Waals surface area contributed by atoms with E-state index in [1.54, 1.807) is 7.11 Å². The van der Waals surface area contributed by atoms with Gasteiger partial charge in [0, 0.05) is 42.8 Å². The van der Waals surface area contributed by atoms with Crippen molar-refractivity contribution in [3.63, 3.8) is 0 Å². The summed E-state index contributed by atoms with van der Waals surface area (Å²) in [7, 11) is 1.67. The Hall–Kier alpha value is -3.28. The van der Waals surface area contributed by atoms with Crippen LogP contribution < -0.4 is 20.3 Å². The lowest BCUT2D eigenvalue weighted by atomic mass is 10.2. The average Bonchev–Trinajstić information content (AvgIpc) is 2.74. The lowest BCUT2D eigenvalue weighted by Gasteiger charge is -2.21. The molecule has 1 aromatic heterocycles. The van der Waals surface area contributed by atoms with Crippen LogP contribution >= 0.6 is 0 Å². The molecule has 0 spiro atoms. The van der Waals surface area contributed by atoms with Crippen molar-refractivity contribution >= 4 is 23.1 Å². The minimum atomic E-state index is 0.581. The zero-order valence-corrected chi connectivity index (χ0v) is 17.6. The molecular formula is C23H29N5O. The van der Waals surface area contributed by atoms with E-state index in [1.165, 1.54) is 5.69 Å². The van der Waals surface area contributed by atoms with Crippen molar-refractivity contribution in [3.8, 4) is 5.75 Å². The van der Waals surface area contributed by atoms with E-state index in [1.807, 2.05) is 37.3 Å². The molecule has 3 rings (SSSR count). The molecule has 0 radical (unpaired) electrons. The fourth-order valence-electron chi connectivity index (χ4n) is 3.12. The smallest absolute Gasteiger partial charge is 0.229 e. The van der Waals surface area contributed by atoms with Crippen LogP contribution in [0.15, 0.2) is 54.6 Å². The van der Waals surface area contributed by atoms with Crippen LogP contribution in [0.3, 0.4) is 0 Å². The van der Waals surface area contributed by atoms with Crippen molar-refractivity contribution in [3.05, 3.63) is 65.9 Å². The van der Waals surface area contributed by atoms with Gasteiger partial charge in [0.25, 0.3) is 0 Å². The van der Waals surface area contributed by atoms with Crippen molar-refractivity contribution in [2.24, 2.45) is 0 Å². The highest BCUT2D eigenvalue weighted by Crippen LogP contribution is 2.21. The number of hydrogen-bond donors (Lipinski definition) is 2. The predicted octanol–water partition coefficient (Wildman–Crippen LogP) is 5.00. The van der Waals surface area contributed by atoms with E-state index < -0.39 is 0 Å². The number of hydrogen-bond acceptors (Lipinski definition) is 6. The summed E-state index contributed by atoms with van der Waals surface area (Å²) in [6, 6.07) is 18.3. The SMILES string of the molecule is CCN(CC)c1ccc(Nc2nc(C)cc(NCc3ccc(OC)cc3)n2)cc1. The number of benzene rings is 2. The number of anilines is 4. The van der Waals surface area contributed by atoms with Gasteiger partial charge in [-0.1, -0.05) is 12.1 Å². The summed E-state index contributed by atoms with van der Waals surface area (Å²) in [4.78, 5) is 11.4. The fourth-order valence-corrected chi connectivity index (χ4v) is 3.12. The molecule has 0 aliphatic carbocycles. The van der Waals surface area contributed by atoms with E-state index in [0.717, 1.165) is 41.6 Å². The molecule has 0 saturated heterocycles. The molecule has 0 amide bonds. The Balaban J connectivity index is 1.66. The standard InChI is InChI=1S/C23H29N5O/c1-5-28(6-2)20-11-9-19(10-12-20)26-23-25-17(3)15-22(27-23)24-16-18-7-13-21(29-4)14-8-18/h7-15H,5-6,16H2,1-4H3,(H2,24,25,26,27). The molecule has 0 aliphatic rings. The highest BCUT2D eigenvalue weighted by Gasteiger charge is 2.05. The molecule has 2 N–H and O–H groups in total. The number of aryl methyl sites for hydroxylation is 1. The second-order valence-electron chi connectivity index (χ2n) is 6.76. The summed E-state index contributed by atoms with van der Waals surface area (Å²) >= 11 is 0. The highest BCUT2D eigenvalue weighted by molar-refractivity contribution is 5.60. The van der Waals surface area contributed by atoms with Gasteiger partial charge < -0.3 is 20.3 Å². The average molecular weight is 392 g/mol. The van der Waals surface area contributed by atoms with Crippen LogP contribution in [0, 0.1) is 6.92 Å². The molecule has 0 aliphatic heterocycles. The molecule has 3 aromatic rings. The minimum absolute atomic E-state index is 0.581. The van der Waals surface area contributed by atoms with Crippen LogP contribution in [0.1, 0.15) is 25.1 Å². The van der Waals surface area contributed by atoms with Crippen molar-refractivity contribution < 1.29 is 4.74 Å². The number of nitrogens with one attached hydrogen (secondary N) is 2. The zero-order valence-electron chi connectivity index (χ0n) is 17.6. The van der Waals surface area contributed by atoms with E-state index in [9.17, 15) is 0 Å². The van der Waals surface area contributed by atoms with Crippen LogP contribution in [0.2, 0.25) is 0 Å². The lowest BCUT2D eigenvalue weighted by molar-refractivity contribution is 0.414. The third kappa shape index (κ3) is 5.60. The maximum absolute atomic E-state index is 5.20. The third-order valence-corrected chi connectivity index (χ3v) is 4.74. The van der Waals surface area contributed by atoms with E-state index in [-0.39, 0.29) is 0 Å².